The molecule has 0 amide bonds. The number of rotatable bonds is 2. The quantitative estimate of drug-likeness (QED) is 0.917. The Bertz CT molecular complexity index is 714. The summed E-state index contributed by atoms with van der Waals surface area (Å²) in [6.07, 6.45) is 1.47. The van der Waals surface area contributed by atoms with Crippen molar-refractivity contribution in [1.82, 2.24) is 14.6 Å². The van der Waals surface area contributed by atoms with Crippen molar-refractivity contribution in [2.24, 2.45) is 0 Å². The van der Waals surface area contributed by atoms with Gasteiger partial charge in [0.05, 0.1) is 12.7 Å². The standard InChI is InChI=1S/C13H14F2N4O2/c1-8-5-10(18-4-2-3-13(14,15)7-18)17-11-9(12(20)21)6-16-19(8)11/h5-6H,2-4,7H2,1H3,(H,20,21). The fourth-order valence-corrected chi connectivity index (χ4v) is 2.57. The summed E-state index contributed by atoms with van der Waals surface area (Å²) in [4.78, 5) is 16.9. The molecule has 112 valence electrons. The zero-order valence-electron chi connectivity index (χ0n) is 11.4. The van der Waals surface area contributed by atoms with E-state index >= 15 is 0 Å². The Morgan fingerprint density at radius 3 is 2.90 bits per heavy atom. The maximum absolute atomic E-state index is 13.5. The lowest BCUT2D eigenvalue weighted by atomic mass is 10.1. The van der Waals surface area contributed by atoms with Crippen LogP contribution >= 0.6 is 0 Å². The van der Waals surface area contributed by atoms with Crippen molar-refractivity contribution in [2.75, 3.05) is 18.0 Å². The Hall–Kier alpha value is -2.25. The molecular formula is C13H14F2N4O2. The van der Waals surface area contributed by atoms with Crippen LogP contribution in [0.5, 0.6) is 0 Å². The molecule has 0 aliphatic carbocycles. The minimum absolute atomic E-state index is 0.0382. The zero-order chi connectivity index (χ0) is 15.2. The summed E-state index contributed by atoms with van der Waals surface area (Å²) in [5.74, 6) is -3.52. The largest absolute Gasteiger partial charge is 0.477 e. The van der Waals surface area contributed by atoms with Gasteiger partial charge < -0.3 is 10.0 Å². The minimum atomic E-state index is -2.74. The van der Waals surface area contributed by atoms with Crippen LogP contribution < -0.4 is 4.90 Å². The number of nitrogens with zero attached hydrogens (tertiary/aromatic N) is 4. The SMILES string of the molecule is Cc1cc(N2CCCC(F)(F)C2)nc2c(C(=O)O)cnn12. The van der Waals surface area contributed by atoms with E-state index in [9.17, 15) is 13.6 Å². The molecule has 0 unspecified atom stereocenters. The summed E-state index contributed by atoms with van der Waals surface area (Å²) in [6, 6.07) is 1.65. The Morgan fingerprint density at radius 2 is 2.24 bits per heavy atom. The Kier molecular flexibility index (Phi) is 3.03. The van der Waals surface area contributed by atoms with Crippen LogP contribution in [0.25, 0.3) is 5.65 Å². The smallest absolute Gasteiger partial charge is 0.341 e. The summed E-state index contributed by atoms with van der Waals surface area (Å²) in [6.45, 7) is 1.82. The lowest BCUT2D eigenvalue weighted by Gasteiger charge is -2.33. The van der Waals surface area contributed by atoms with Gasteiger partial charge in [0.1, 0.15) is 11.4 Å². The number of hydrogen-bond donors (Lipinski definition) is 1. The van der Waals surface area contributed by atoms with Crippen LogP contribution in [0.4, 0.5) is 14.6 Å². The third-order valence-corrected chi connectivity index (χ3v) is 3.58. The first-order valence-electron chi connectivity index (χ1n) is 6.59. The molecule has 0 spiro atoms. The van der Waals surface area contributed by atoms with E-state index in [4.69, 9.17) is 5.11 Å². The molecule has 3 heterocycles. The van der Waals surface area contributed by atoms with Crippen LogP contribution in [-0.4, -0.2) is 44.7 Å². The molecule has 2 aromatic rings. The summed E-state index contributed by atoms with van der Waals surface area (Å²) < 4.78 is 28.4. The number of alkyl halides is 2. The normalized spacial score (nSPS) is 18.1. The topological polar surface area (TPSA) is 70.7 Å². The second kappa shape index (κ2) is 4.64. The molecule has 1 aliphatic heterocycles. The second-order valence-electron chi connectivity index (χ2n) is 5.24. The van der Waals surface area contributed by atoms with Crippen LogP contribution in [0.1, 0.15) is 28.9 Å². The van der Waals surface area contributed by atoms with Crippen LogP contribution in [0.15, 0.2) is 12.3 Å². The molecule has 3 rings (SSSR count). The minimum Gasteiger partial charge on any atom is -0.477 e. The molecule has 6 nitrogen and oxygen atoms in total. The summed E-state index contributed by atoms with van der Waals surface area (Å²) in [7, 11) is 0. The second-order valence-corrected chi connectivity index (χ2v) is 5.24. The van der Waals surface area contributed by atoms with Gasteiger partial charge in [0, 0.05) is 24.7 Å². The first kappa shape index (κ1) is 13.7. The molecule has 1 fully saturated rings. The van der Waals surface area contributed by atoms with Crippen molar-refractivity contribution >= 4 is 17.4 Å². The van der Waals surface area contributed by atoms with E-state index in [0.717, 1.165) is 0 Å². The predicted octanol–water partition coefficient (Wildman–Crippen LogP) is 1.97. The third-order valence-electron chi connectivity index (χ3n) is 3.58. The van der Waals surface area contributed by atoms with Crippen LogP contribution in [0.3, 0.4) is 0 Å². The number of halogens is 2. The van der Waals surface area contributed by atoms with Gasteiger partial charge in [0.15, 0.2) is 5.65 Å². The van der Waals surface area contributed by atoms with Crippen molar-refractivity contribution in [1.29, 1.82) is 0 Å². The van der Waals surface area contributed by atoms with Gasteiger partial charge in [-0.1, -0.05) is 0 Å². The van der Waals surface area contributed by atoms with Crippen molar-refractivity contribution in [2.45, 2.75) is 25.7 Å². The lowest BCUT2D eigenvalue weighted by Crippen LogP contribution is -2.43. The highest BCUT2D eigenvalue weighted by atomic mass is 19.3. The Labute approximate surface area is 119 Å². The van der Waals surface area contributed by atoms with E-state index in [2.05, 4.69) is 10.1 Å². The van der Waals surface area contributed by atoms with Crippen molar-refractivity contribution in [3.63, 3.8) is 0 Å². The fraction of sp³-hybridized carbons (Fsp3) is 0.462. The molecule has 0 bridgehead atoms. The Morgan fingerprint density at radius 1 is 1.48 bits per heavy atom. The van der Waals surface area contributed by atoms with Gasteiger partial charge in [-0.05, 0) is 13.3 Å². The average molecular weight is 296 g/mol. The molecule has 21 heavy (non-hydrogen) atoms. The van der Waals surface area contributed by atoms with Gasteiger partial charge in [0.25, 0.3) is 5.92 Å². The Balaban J connectivity index is 2.07. The summed E-state index contributed by atoms with van der Waals surface area (Å²) >= 11 is 0. The van der Waals surface area contributed by atoms with Crippen molar-refractivity contribution < 1.29 is 18.7 Å². The first-order valence-corrected chi connectivity index (χ1v) is 6.59. The highest BCUT2D eigenvalue weighted by Gasteiger charge is 2.36. The maximum atomic E-state index is 13.5. The number of hydrogen-bond acceptors (Lipinski definition) is 4. The maximum Gasteiger partial charge on any atom is 0.341 e. The highest BCUT2D eigenvalue weighted by molar-refractivity contribution is 5.94. The van der Waals surface area contributed by atoms with Gasteiger partial charge in [-0.3, -0.25) is 0 Å². The number of anilines is 1. The van der Waals surface area contributed by atoms with Crippen molar-refractivity contribution in [3.05, 3.63) is 23.5 Å². The average Bonchev–Trinajstić information content (AvgIpc) is 2.82. The molecule has 1 aliphatic rings. The number of aromatic nitrogens is 3. The summed E-state index contributed by atoms with van der Waals surface area (Å²) in [5, 5.41) is 13.1. The number of piperidine rings is 1. The number of aryl methyl sites for hydroxylation is 1. The number of carboxylic acids is 1. The van der Waals surface area contributed by atoms with Gasteiger partial charge >= 0.3 is 5.97 Å². The van der Waals surface area contributed by atoms with Gasteiger partial charge in [-0.15, -0.1) is 0 Å². The third kappa shape index (κ3) is 2.41. The number of carboxylic acid groups (broad SMARTS) is 1. The van der Waals surface area contributed by atoms with Crippen LogP contribution in [0.2, 0.25) is 0 Å². The van der Waals surface area contributed by atoms with Crippen LogP contribution in [0, 0.1) is 6.92 Å². The van der Waals surface area contributed by atoms with Crippen molar-refractivity contribution in [3.8, 4) is 0 Å². The first-order chi connectivity index (χ1) is 9.87. The van der Waals surface area contributed by atoms with E-state index in [1.165, 1.54) is 15.6 Å². The molecule has 0 atom stereocenters. The molecular weight excluding hydrogens is 282 g/mol. The van der Waals surface area contributed by atoms with Gasteiger partial charge in [-0.25, -0.2) is 23.1 Å². The zero-order valence-corrected chi connectivity index (χ0v) is 11.4. The van der Waals surface area contributed by atoms with E-state index < -0.39 is 18.4 Å². The molecule has 2 aromatic heterocycles. The number of carbonyl (C=O) groups is 1. The van der Waals surface area contributed by atoms with Gasteiger partial charge in [-0.2, -0.15) is 5.10 Å². The fourth-order valence-electron chi connectivity index (χ4n) is 2.57. The number of aromatic carboxylic acids is 1. The molecule has 8 heteroatoms. The number of fused-ring (bicyclic) bond motifs is 1. The molecule has 0 aromatic carbocycles. The monoisotopic (exact) mass is 296 g/mol. The molecule has 1 N–H and O–H groups in total. The highest BCUT2D eigenvalue weighted by Crippen LogP contribution is 2.30. The van der Waals surface area contributed by atoms with E-state index in [1.54, 1.807) is 13.0 Å². The molecule has 0 radical (unpaired) electrons. The predicted molar refractivity (Wildman–Crippen MR) is 71.1 cm³/mol. The van der Waals surface area contributed by atoms with E-state index in [1.807, 2.05) is 0 Å². The summed E-state index contributed by atoms with van der Waals surface area (Å²) in [5.41, 5.74) is 0.784. The molecule has 1 saturated heterocycles. The van der Waals surface area contributed by atoms with Gasteiger partial charge in [0.2, 0.25) is 0 Å². The van der Waals surface area contributed by atoms with E-state index in [0.29, 0.717) is 24.5 Å². The van der Waals surface area contributed by atoms with Crippen LogP contribution in [-0.2, 0) is 0 Å². The van der Waals surface area contributed by atoms with E-state index in [-0.39, 0.29) is 17.6 Å². The lowest BCUT2D eigenvalue weighted by molar-refractivity contribution is -0.0118. The molecule has 0 saturated carbocycles.